The van der Waals surface area contributed by atoms with Crippen LogP contribution in [0.3, 0.4) is 0 Å². The molecule has 6 heteroatoms. The van der Waals surface area contributed by atoms with Gasteiger partial charge in [0.05, 0.1) is 16.6 Å². The van der Waals surface area contributed by atoms with Crippen molar-refractivity contribution < 1.29 is 8.78 Å². The molecule has 0 aliphatic carbocycles. The Morgan fingerprint density at radius 2 is 1.71 bits per heavy atom. The van der Waals surface area contributed by atoms with Crippen molar-refractivity contribution in [2.24, 2.45) is 0 Å². The minimum Gasteiger partial charge on any atom is -0.338 e. The molecule has 84 valence electrons. The third kappa shape index (κ3) is 1.63. The Morgan fingerprint density at radius 3 is 2.47 bits per heavy atom. The molecule has 3 aromatic rings. The van der Waals surface area contributed by atoms with E-state index in [1.165, 1.54) is 6.33 Å². The number of nitrogens with zero attached hydrogens (tertiary/aromatic N) is 3. The van der Waals surface area contributed by atoms with Gasteiger partial charge in [-0.25, -0.2) is 23.7 Å². The van der Waals surface area contributed by atoms with Gasteiger partial charge in [0.1, 0.15) is 12.2 Å². The van der Waals surface area contributed by atoms with Crippen molar-refractivity contribution in [2.45, 2.75) is 0 Å². The zero-order valence-electron chi connectivity index (χ0n) is 8.48. The van der Waals surface area contributed by atoms with Crippen molar-refractivity contribution in [3.8, 4) is 11.4 Å². The number of aromatic nitrogens is 4. The lowest BCUT2D eigenvalue weighted by Gasteiger charge is -1.91. The van der Waals surface area contributed by atoms with E-state index in [4.69, 9.17) is 0 Å². The van der Waals surface area contributed by atoms with Gasteiger partial charge in [-0.05, 0) is 0 Å². The Bertz CT molecular complexity index is 640. The predicted molar refractivity (Wildman–Crippen MR) is 57.0 cm³/mol. The molecule has 0 saturated carbocycles. The van der Waals surface area contributed by atoms with Crippen molar-refractivity contribution in [1.82, 2.24) is 19.9 Å². The van der Waals surface area contributed by atoms with Gasteiger partial charge in [0.25, 0.3) is 0 Å². The molecule has 1 N–H and O–H groups in total. The van der Waals surface area contributed by atoms with Crippen molar-refractivity contribution >= 4 is 11.0 Å². The predicted octanol–water partition coefficient (Wildman–Crippen LogP) is 2.30. The summed E-state index contributed by atoms with van der Waals surface area (Å²) in [7, 11) is 0. The van der Waals surface area contributed by atoms with Crippen LogP contribution in [-0.4, -0.2) is 19.9 Å². The average Bonchev–Trinajstić information content (AvgIpc) is 2.74. The van der Waals surface area contributed by atoms with Crippen LogP contribution in [0, 0.1) is 11.6 Å². The van der Waals surface area contributed by atoms with E-state index in [-0.39, 0.29) is 0 Å². The smallest absolute Gasteiger partial charge is 0.161 e. The van der Waals surface area contributed by atoms with Gasteiger partial charge in [0.15, 0.2) is 11.6 Å². The fraction of sp³-hybridized carbons (Fsp3) is 0. The van der Waals surface area contributed by atoms with E-state index in [2.05, 4.69) is 19.9 Å². The van der Waals surface area contributed by atoms with Crippen LogP contribution in [0.25, 0.3) is 22.4 Å². The first kappa shape index (κ1) is 9.83. The second kappa shape index (κ2) is 3.58. The molecule has 17 heavy (non-hydrogen) atoms. The molecular weight excluding hydrogens is 226 g/mol. The van der Waals surface area contributed by atoms with Gasteiger partial charge in [0.2, 0.25) is 0 Å². The van der Waals surface area contributed by atoms with Gasteiger partial charge >= 0.3 is 0 Å². The molecule has 4 nitrogen and oxygen atoms in total. The molecule has 0 amide bonds. The van der Waals surface area contributed by atoms with Crippen molar-refractivity contribution in [3.05, 3.63) is 42.5 Å². The Hall–Kier alpha value is -2.37. The molecular formula is C11H6F2N4. The summed E-state index contributed by atoms with van der Waals surface area (Å²) in [5, 5.41) is 0. The first-order chi connectivity index (χ1) is 8.24. The summed E-state index contributed by atoms with van der Waals surface area (Å²) in [6, 6.07) is 2.12. The summed E-state index contributed by atoms with van der Waals surface area (Å²) in [6.07, 6.45) is 4.53. The van der Waals surface area contributed by atoms with E-state index in [0.29, 0.717) is 22.4 Å². The first-order valence-electron chi connectivity index (χ1n) is 4.84. The molecule has 0 saturated heterocycles. The lowest BCUT2D eigenvalue weighted by molar-refractivity contribution is 0.510. The van der Waals surface area contributed by atoms with E-state index in [0.717, 1.165) is 12.1 Å². The van der Waals surface area contributed by atoms with Gasteiger partial charge in [-0.2, -0.15) is 0 Å². The third-order valence-electron chi connectivity index (χ3n) is 2.36. The molecule has 3 rings (SSSR count). The molecule has 0 aliphatic heterocycles. The van der Waals surface area contributed by atoms with Crippen LogP contribution in [0.2, 0.25) is 0 Å². The second-order valence-corrected chi connectivity index (χ2v) is 3.50. The Morgan fingerprint density at radius 1 is 1.00 bits per heavy atom. The highest BCUT2D eigenvalue weighted by Gasteiger charge is 2.09. The molecule has 0 bridgehead atoms. The quantitative estimate of drug-likeness (QED) is 0.700. The number of aromatic amines is 1. The number of H-pyrrole nitrogens is 1. The van der Waals surface area contributed by atoms with Crippen LogP contribution in [0.5, 0.6) is 0 Å². The van der Waals surface area contributed by atoms with Gasteiger partial charge < -0.3 is 4.98 Å². The maximum Gasteiger partial charge on any atom is 0.161 e. The molecule has 0 unspecified atom stereocenters. The molecule has 2 aromatic heterocycles. The minimum atomic E-state index is -0.917. The third-order valence-corrected chi connectivity index (χ3v) is 2.36. The fourth-order valence-corrected chi connectivity index (χ4v) is 1.56. The maximum absolute atomic E-state index is 13.0. The largest absolute Gasteiger partial charge is 0.338 e. The van der Waals surface area contributed by atoms with Crippen molar-refractivity contribution in [3.63, 3.8) is 0 Å². The average molecular weight is 232 g/mol. The van der Waals surface area contributed by atoms with Crippen LogP contribution < -0.4 is 0 Å². The lowest BCUT2D eigenvalue weighted by Crippen LogP contribution is -1.83. The SMILES string of the molecule is Fc1cc2nc(-c3cncnc3)[nH]c2cc1F. The van der Waals surface area contributed by atoms with Gasteiger partial charge in [0, 0.05) is 24.5 Å². The Kier molecular flexibility index (Phi) is 2.07. The highest BCUT2D eigenvalue weighted by atomic mass is 19.2. The first-order valence-corrected chi connectivity index (χ1v) is 4.84. The Balaban J connectivity index is 2.21. The second-order valence-electron chi connectivity index (χ2n) is 3.50. The molecule has 0 radical (unpaired) electrons. The van der Waals surface area contributed by atoms with E-state index >= 15 is 0 Å². The zero-order chi connectivity index (χ0) is 11.8. The highest BCUT2D eigenvalue weighted by molar-refractivity contribution is 5.79. The number of halogens is 2. The highest BCUT2D eigenvalue weighted by Crippen LogP contribution is 2.21. The summed E-state index contributed by atoms with van der Waals surface area (Å²) in [5.41, 5.74) is 1.45. The van der Waals surface area contributed by atoms with Crippen LogP contribution in [0.15, 0.2) is 30.9 Å². The van der Waals surface area contributed by atoms with Gasteiger partial charge in [-0.3, -0.25) is 0 Å². The zero-order valence-corrected chi connectivity index (χ0v) is 8.48. The van der Waals surface area contributed by atoms with Crippen LogP contribution >= 0.6 is 0 Å². The Labute approximate surface area is 94.4 Å². The number of hydrogen-bond acceptors (Lipinski definition) is 3. The van der Waals surface area contributed by atoms with Gasteiger partial charge in [-0.1, -0.05) is 0 Å². The minimum absolute atomic E-state index is 0.364. The van der Waals surface area contributed by atoms with Crippen molar-refractivity contribution in [1.29, 1.82) is 0 Å². The van der Waals surface area contributed by atoms with Crippen LogP contribution in [0.1, 0.15) is 0 Å². The molecule has 0 aliphatic rings. The monoisotopic (exact) mass is 232 g/mol. The van der Waals surface area contributed by atoms with E-state index in [1.807, 2.05) is 0 Å². The number of benzene rings is 1. The fourth-order valence-electron chi connectivity index (χ4n) is 1.56. The number of rotatable bonds is 1. The lowest BCUT2D eigenvalue weighted by atomic mass is 10.3. The van der Waals surface area contributed by atoms with E-state index in [9.17, 15) is 8.78 Å². The summed E-state index contributed by atoms with van der Waals surface area (Å²) < 4.78 is 26.0. The normalized spacial score (nSPS) is 10.9. The van der Waals surface area contributed by atoms with E-state index < -0.39 is 11.6 Å². The molecule has 0 fully saturated rings. The van der Waals surface area contributed by atoms with Crippen LogP contribution in [-0.2, 0) is 0 Å². The molecule has 0 spiro atoms. The molecule has 1 aromatic carbocycles. The number of fused-ring (bicyclic) bond motifs is 1. The summed E-state index contributed by atoms with van der Waals surface area (Å²) in [5.74, 6) is -1.34. The van der Waals surface area contributed by atoms with Crippen LogP contribution in [0.4, 0.5) is 8.78 Å². The maximum atomic E-state index is 13.0. The summed E-state index contributed by atoms with van der Waals surface area (Å²) in [4.78, 5) is 14.7. The van der Waals surface area contributed by atoms with Crippen molar-refractivity contribution in [2.75, 3.05) is 0 Å². The number of hydrogen-bond donors (Lipinski definition) is 1. The molecule has 2 heterocycles. The number of imidazole rings is 1. The molecule has 0 atom stereocenters. The summed E-state index contributed by atoms with van der Waals surface area (Å²) in [6.45, 7) is 0. The standard InChI is InChI=1S/C11H6F2N4/c12-7-1-9-10(2-8(7)13)17-11(16-9)6-3-14-5-15-4-6/h1-5H,(H,16,17). The van der Waals surface area contributed by atoms with E-state index in [1.54, 1.807) is 12.4 Å². The summed E-state index contributed by atoms with van der Waals surface area (Å²) >= 11 is 0. The number of nitrogens with one attached hydrogen (secondary N) is 1. The topological polar surface area (TPSA) is 54.5 Å². The van der Waals surface area contributed by atoms with Gasteiger partial charge in [-0.15, -0.1) is 0 Å².